The Bertz CT molecular complexity index is 191. The first kappa shape index (κ1) is 6.29. The molecule has 0 spiro atoms. The Morgan fingerprint density at radius 3 is 3.11 bits per heavy atom. The molecule has 0 amide bonds. The Labute approximate surface area is 57.1 Å². The second-order valence-electron chi connectivity index (χ2n) is 1.41. The van der Waals surface area contributed by atoms with Crippen LogP contribution in [0.25, 0.3) is 0 Å². The number of hydrogen-bond acceptors (Lipinski definition) is 3. The lowest BCUT2D eigenvalue weighted by Gasteiger charge is -1.90. The van der Waals surface area contributed by atoms with Crippen molar-refractivity contribution in [2.45, 2.75) is 0 Å². The minimum Gasteiger partial charge on any atom is -0.465 e. The van der Waals surface area contributed by atoms with E-state index in [-0.39, 0.29) is 5.97 Å². The van der Waals surface area contributed by atoms with Gasteiger partial charge in [-0.25, -0.2) is 4.79 Å². The van der Waals surface area contributed by atoms with Gasteiger partial charge in [0, 0.05) is 5.38 Å². The van der Waals surface area contributed by atoms with Gasteiger partial charge >= 0.3 is 5.97 Å². The molecule has 0 aromatic carbocycles. The topological polar surface area (TPSA) is 26.3 Å². The molecular weight excluding hydrogens is 136 g/mol. The molecule has 9 heavy (non-hydrogen) atoms. The third-order valence-corrected chi connectivity index (χ3v) is 1.63. The van der Waals surface area contributed by atoms with Gasteiger partial charge in [-0.15, -0.1) is 11.3 Å². The number of hydrogen-bond donors (Lipinski definition) is 0. The average molecular weight is 141 g/mol. The van der Waals surface area contributed by atoms with Crippen LogP contribution in [-0.2, 0) is 4.74 Å². The molecule has 1 aromatic rings. The third kappa shape index (κ3) is 1.29. The zero-order chi connectivity index (χ0) is 6.69. The molecule has 0 aliphatic carbocycles. The Balaban J connectivity index is 2.77. The highest BCUT2D eigenvalue weighted by Gasteiger charge is 2.03. The van der Waals surface area contributed by atoms with Crippen LogP contribution >= 0.6 is 11.3 Å². The second-order valence-corrected chi connectivity index (χ2v) is 2.29. The van der Waals surface area contributed by atoms with Crippen molar-refractivity contribution in [3.63, 3.8) is 0 Å². The van der Waals surface area contributed by atoms with Gasteiger partial charge in [-0.05, 0) is 12.1 Å². The lowest BCUT2D eigenvalue weighted by atomic mass is 10.5. The molecule has 47 valence electrons. The van der Waals surface area contributed by atoms with E-state index < -0.39 is 0 Å². The smallest absolute Gasteiger partial charge is 0.348 e. The number of methoxy groups -OCH3 is 1. The predicted octanol–water partition coefficient (Wildman–Crippen LogP) is 1.33. The normalized spacial score (nSPS) is 9.00. The molecule has 1 aromatic heterocycles. The fourth-order valence-electron chi connectivity index (χ4n) is 0.452. The van der Waals surface area contributed by atoms with Gasteiger partial charge in [-0.2, -0.15) is 0 Å². The standard InChI is InChI=1S/C6H5O2S/c1-8-6(7)5-3-2-4-9-5/h2-3H,1H3. The van der Waals surface area contributed by atoms with Gasteiger partial charge in [-0.1, -0.05) is 0 Å². The van der Waals surface area contributed by atoms with Crippen LogP contribution < -0.4 is 0 Å². The summed E-state index contributed by atoms with van der Waals surface area (Å²) in [7, 11) is 1.36. The van der Waals surface area contributed by atoms with E-state index in [2.05, 4.69) is 10.1 Å². The highest BCUT2D eigenvalue weighted by molar-refractivity contribution is 7.11. The first-order valence-corrected chi connectivity index (χ1v) is 3.20. The lowest BCUT2D eigenvalue weighted by molar-refractivity contribution is 0.0606. The van der Waals surface area contributed by atoms with E-state index in [0.29, 0.717) is 4.88 Å². The minimum absolute atomic E-state index is 0.291. The number of carbonyl (C=O) groups is 1. The van der Waals surface area contributed by atoms with E-state index in [0.717, 1.165) is 0 Å². The molecule has 0 atom stereocenters. The Hall–Kier alpha value is -0.830. The molecule has 0 aliphatic heterocycles. The Kier molecular flexibility index (Phi) is 1.85. The van der Waals surface area contributed by atoms with Crippen LogP contribution in [0.2, 0.25) is 0 Å². The summed E-state index contributed by atoms with van der Waals surface area (Å²) in [5, 5.41) is 2.79. The van der Waals surface area contributed by atoms with Gasteiger partial charge in [0.2, 0.25) is 0 Å². The molecule has 0 saturated heterocycles. The maximum atomic E-state index is 10.6. The second kappa shape index (κ2) is 2.64. The molecular formula is C6H5O2S. The summed E-state index contributed by atoms with van der Waals surface area (Å²) in [4.78, 5) is 11.2. The predicted molar refractivity (Wildman–Crippen MR) is 34.5 cm³/mol. The number of thiophene rings is 1. The average Bonchev–Trinajstić information content (AvgIpc) is 2.37. The van der Waals surface area contributed by atoms with Gasteiger partial charge in [0.1, 0.15) is 4.88 Å². The van der Waals surface area contributed by atoms with Crippen molar-refractivity contribution in [1.29, 1.82) is 0 Å². The van der Waals surface area contributed by atoms with Crippen molar-refractivity contribution in [2.24, 2.45) is 0 Å². The van der Waals surface area contributed by atoms with Crippen molar-refractivity contribution in [3.8, 4) is 0 Å². The molecule has 1 radical (unpaired) electrons. The number of rotatable bonds is 1. The van der Waals surface area contributed by atoms with E-state index in [4.69, 9.17) is 0 Å². The van der Waals surface area contributed by atoms with Gasteiger partial charge in [0.05, 0.1) is 7.11 Å². The Morgan fingerprint density at radius 2 is 2.67 bits per heavy atom. The zero-order valence-corrected chi connectivity index (χ0v) is 5.70. The van der Waals surface area contributed by atoms with Crippen molar-refractivity contribution >= 4 is 17.3 Å². The largest absolute Gasteiger partial charge is 0.465 e. The summed E-state index contributed by atoms with van der Waals surface area (Å²) in [5.74, 6) is -0.291. The fourth-order valence-corrected chi connectivity index (χ4v) is 1.02. The van der Waals surface area contributed by atoms with E-state index in [1.165, 1.54) is 18.4 Å². The maximum Gasteiger partial charge on any atom is 0.348 e. The summed E-state index contributed by atoms with van der Waals surface area (Å²) in [5.41, 5.74) is 0. The number of carbonyl (C=O) groups excluding carboxylic acids is 1. The first-order valence-electron chi connectivity index (χ1n) is 2.39. The van der Waals surface area contributed by atoms with Crippen molar-refractivity contribution < 1.29 is 9.53 Å². The molecule has 0 bridgehead atoms. The van der Waals surface area contributed by atoms with E-state index in [1.807, 2.05) is 0 Å². The molecule has 0 N–H and O–H groups in total. The zero-order valence-electron chi connectivity index (χ0n) is 4.88. The monoisotopic (exact) mass is 141 g/mol. The highest BCUT2D eigenvalue weighted by Crippen LogP contribution is 2.07. The molecule has 1 rings (SSSR count). The van der Waals surface area contributed by atoms with Crippen LogP contribution in [0.1, 0.15) is 9.67 Å². The molecule has 0 unspecified atom stereocenters. The van der Waals surface area contributed by atoms with Crippen LogP contribution in [0.15, 0.2) is 12.1 Å². The minimum atomic E-state index is -0.291. The summed E-state index contributed by atoms with van der Waals surface area (Å²) < 4.78 is 4.45. The van der Waals surface area contributed by atoms with Gasteiger partial charge in [0.25, 0.3) is 0 Å². The van der Waals surface area contributed by atoms with E-state index in [9.17, 15) is 4.79 Å². The lowest BCUT2D eigenvalue weighted by Crippen LogP contribution is -1.96. The van der Waals surface area contributed by atoms with Crippen LogP contribution in [0.4, 0.5) is 0 Å². The van der Waals surface area contributed by atoms with Crippen LogP contribution in [-0.4, -0.2) is 13.1 Å². The van der Waals surface area contributed by atoms with Gasteiger partial charge < -0.3 is 4.74 Å². The van der Waals surface area contributed by atoms with Crippen LogP contribution in [0.3, 0.4) is 0 Å². The molecule has 3 heteroatoms. The van der Waals surface area contributed by atoms with Gasteiger partial charge in [0.15, 0.2) is 0 Å². The summed E-state index contributed by atoms with van der Waals surface area (Å²) in [6.45, 7) is 0. The highest BCUT2D eigenvalue weighted by atomic mass is 32.1. The van der Waals surface area contributed by atoms with Gasteiger partial charge in [-0.3, -0.25) is 0 Å². The molecule has 2 nitrogen and oxygen atoms in total. The van der Waals surface area contributed by atoms with Crippen molar-refractivity contribution in [3.05, 3.63) is 22.4 Å². The first-order chi connectivity index (χ1) is 4.34. The maximum absolute atomic E-state index is 10.6. The third-order valence-electron chi connectivity index (χ3n) is 0.858. The quantitative estimate of drug-likeness (QED) is 0.551. The Morgan fingerprint density at radius 1 is 1.89 bits per heavy atom. The van der Waals surface area contributed by atoms with E-state index >= 15 is 0 Å². The van der Waals surface area contributed by atoms with Crippen LogP contribution in [0, 0.1) is 5.38 Å². The number of esters is 1. The van der Waals surface area contributed by atoms with Crippen molar-refractivity contribution in [2.75, 3.05) is 7.11 Å². The molecule has 0 saturated carbocycles. The van der Waals surface area contributed by atoms with Crippen LogP contribution in [0.5, 0.6) is 0 Å². The summed E-state index contributed by atoms with van der Waals surface area (Å²) in [6.07, 6.45) is 0. The number of ether oxygens (including phenoxy) is 1. The molecule has 0 fully saturated rings. The van der Waals surface area contributed by atoms with E-state index in [1.54, 1.807) is 12.1 Å². The van der Waals surface area contributed by atoms with Crippen molar-refractivity contribution in [1.82, 2.24) is 0 Å². The molecule has 0 aliphatic rings. The molecule has 1 heterocycles. The summed E-state index contributed by atoms with van der Waals surface area (Å²) in [6, 6.07) is 3.37. The SMILES string of the molecule is COC(=O)c1cc[c]s1. The summed E-state index contributed by atoms with van der Waals surface area (Å²) >= 11 is 1.26. The fraction of sp³-hybridized carbons (Fsp3) is 0.167.